The van der Waals surface area contributed by atoms with Crippen molar-refractivity contribution in [1.82, 2.24) is 4.98 Å². The lowest BCUT2D eigenvalue weighted by Crippen LogP contribution is -2.24. The van der Waals surface area contributed by atoms with E-state index in [-0.39, 0.29) is 11.3 Å². The van der Waals surface area contributed by atoms with Gasteiger partial charge in [0.2, 0.25) is 5.78 Å². The van der Waals surface area contributed by atoms with Gasteiger partial charge in [0.05, 0.1) is 11.1 Å². The zero-order valence-electron chi connectivity index (χ0n) is 13.8. The zero-order chi connectivity index (χ0) is 18.0. The average molecular weight is 337 g/mol. The Morgan fingerprint density at radius 2 is 1.76 bits per heavy atom. The summed E-state index contributed by atoms with van der Waals surface area (Å²) in [5, 5.41) is 0.666. The van der Waals surface area contributed by atoms with E-state index in [4.69, 9.17) is 4.74 Å². The topological polar surface area (TPSA) is 56.3 Å². The number of esters is 1. The minimum atomic E-state index is -0.981. The number of nitrogens with zero attached hydrogens (tertiary/aromatic N) is 1. The molecule has 0 bridgehead atoms. The van der Waals surface area contributed by atoms with Crippen molar-refractivity contribution in [3.63, 3.8) is 0 Å². The molecule has 5 heteroatoms. The predicted molar refractivity (Wildman–Crippen MR) is 92.1 cm³/mol. The Hall–Kier alpha value is -3.08. The quantitative estimate of drug-likeness (QED) is 0.531. The summed E-state index contributed by atoms with van der Waals surface area (Å²) in [5.41, 5.74) is 2.02. The monoisotopic (exact) mass is 337 g/mol. The number of ether oxygens (including phenoxy) is 1. The number of benzene rings is 2. The number of aryl methyl sites for hydroxylation is 1. The van der Waals surface area contributed by atoms with E-state index >= 15 is 0 Å². The highest BCUT2D eigenvalue weighted by Gasteiger charge is 2.22. The number of halogens is 1. The summed E-state index contributed by atoms with van der Waals surface area (Å²) in [5.74, 6) is -1.41. The lowest BCUT2D eigenvalue weighted by Gasteiger charge is -2.14. The van der Waals surface area contributed by atoms with Crippen molar-refractivity contribution in [2.45, 2.75) is 20.0 Å². The molecule has 0 unspecified atom stereocenters. The number of Topliss-reactive ketones (excluding diaryl/α,β-unsaturated/α-hetero) is 1. The number of aromatic nitrogens is 1. The number of para-hydroxylation sites is 1. The van der Waals surface area contributed by atoms with E-state index < -0.39 is 17.9 Å². The molecule has 0 saturated carbocycles. The van der Waals surface area contributed by atoms with Gasteiger partial charge in [-0.15, -0.1) is 0 Å². The number of hydrogen-bond acceptors (Lipinski definition) is 4. The van der Waals surface area contributed by atoms with Crippen molar-refractivity contribution in [2.24, 2.45) is 0 Å². The summed E-state index contributed by atoms with van der Waals surface area (Å²) in [6.45, 7) is 3.29. The van der Waals surface area contributed by atoms with Gasteiger partial charge in [-0.3, -0.25) is 9.78 Å². The molecule has 4 nitrogen and oxygen atoms in total. The molecule has 1 aromatic heterocycles. The molecule has 0 spiro atoms. The number of fused-ring (bicyclic) bond motifs is 1. The van der Waals surface area contributed by atoms with Crippen molar-refractivity contribution in [2.75, 3.05) is 0 Å². The van der Waals surface area contributed by atoms with Gasteiger partial charge in [-0.25, -0.2) is 9.18 Å². The molecule has 0 aliphatic rings. The first-order valence-electron chi connectivity index (χ1n) is 7.83. The van der Waals surface area contributed by atoms with Crippen LogP contribution in [0, 0.1) is 12.7 Å². The Kier molecular flexibility index (Phi) is 4.57. The van der Waals surface area contributed by atoms with E-state index in [0.29, 0.717) is 22.2 Å². The van der Waals surface area contributed by atoms with Crippen LogP contribution in [0.5, 0.6) is 0 Å². The van der Waals surface area contributed by atoms with Crippen LogP contribution in [0.2, 0.25) is 0 Å². The van der Waals surface area contributed by atoms with Gasteiger partial charge in [-0.1, -0.05) is 18.2 Å². The predicted octanol–water partition coefficient (Wildman–Crippen LogP) is 4.11. The maximum atomic E-state index is 13.0. The van der Waals surface area contributed by atoms with Crippen molar-refractivity contribution in [3.05, 3.63) is 77.2 Å². The first-order chi connectivity index (χ1) is 12.0. The third kappa shape index (κ3) is 3.55. The summed E-state index contributed by atoms with van der Waals surface area (Å²) in [7, 11) is 0. The Morgan fingerprint density at radius 1 is 1.08 bits per heavy atom. The van der Waals surface area contributed by atoms with Crippen molar-refractivity contribution >= 4 is 22.7 Å². The fraction of sp³-hybridized carbons (Fsp3) is 0.150. The maximum Gasteiger partial charge on any atom is 0.339 e. The number of carbonyl (C=O) groups excluding carboxylic acids is 2. The summed E-state index contributed by atoms with van der Waals surface area (Å²) >= 11 is 0. The molecule has 3 aromatic rings. The average Bonchev–Trinajstić information content (AvgIpc) is 2.60. The Bertz CT molecular complexity index is 951. The SMILES string of the molecule is Cc1cc(C(=O)O[C@@H](C)C(=O)c2ccc(F)cc2)c2ccccc2n1. The van der Waals surface area contributed by atoms with Gasteiger partial charge in [-0.2, -0.15) is 0 Å². The molecule has 0 aliphatic heterocycles. The van der Waals surface area contributed by atoms with Crippen molar-refractivity contribution in [1.29, 1.82) is 0 Å². The highest BCUT2D eigenvalue weighted by atomic mass is 19.1. The Balaban J connectivity index is 1.85. The number of carbonyl (C=O) groups is 2. The van der Waals surface area contributed by atoms with Crippen LogP contribution in [-0.4, -0.2) is 22.8 Å². The first-order valence-corrected chi connectivity index (χ1v) is 7.83. The molecule has 0 amide bonds. The number of hydrogen-bond donors (Lipinski definition) is 0. The molecular formula is C20H16FNO3. The van der Waals surface area contributed by atoms with Crippen molar-refractivity contribution < 1.29 is 18.7 Å². The number of rotatable bonds is 4. The molecule has 1 heterocycles. The van der Waals surface area contributed by atoms with Gasteiger partial charge in [-0.05, 0) is 50.2 Å². The van der Waals surface area contributed by atoms with Gasteiger partial charge in [0.25, 0.3) is 0 Å². The summed E-state index contributed by atoms with van der Waals surface area (Å²) in [4.78, 5) is 29.3. The van der Waals surface area contributed by atoms with Gasteiger partial charge in [0.15, 0.2) is 6.10 Å². The highest BCUT2D eigenvalue weighted by molar-refractivity contribution is 6.06. The Morgan fingerprint density at radius 3 is 2.48 bits per heavy atom. The zero-order valence-corrected chi connectivity index (χ0v) is 13.8. The smallest absolute Gasteiger partial charge is 0.339 e. The van der Waals surface area contributed by atoms with Gasteiger partial charge in [0, 0.05) is 16.6 Å². The largest absolute Gasteiger partial charge is 0.451 e. The molecule has 0 radical (unpaired) electrons. The van der Waals surface area contributed by atoms with Gasteiger partial charge >= 0.3 is 5.97 Å². The summed E-state index contributed by atoms with van der Waals surface area (Å²) < 4.78 is 18.3. The van der Waals surface area contributed by atoms with Crippen LogP contribution in [0.25, 0.3) is 10.9 Å². The third-order valence-electron chi connectivity index (χ3n) is 3.85. The second-order valence-corrected chi connectivity index (χ2v) is 5.75. The highest BCUT2D eigenvalue weighted by Crippen LogP contribution is 2.20. The van der Waals surface area contributed by atoms with Crippen LogP contribution in [0.4, 0.5) is 4.39 Å². The van der Waals surface area contributed by atoms with E-state index in [1.54, 1.807) is 19.1 Å². The third-order valence-corrected chi connectivity index (χ3v) is 3.85. The molecule has 1 atom stereocenters. The molecule has 0 fully saturated rings. The number of ketones is 1. The van der Waals surface area contributed by atoms with Crippen LogP contribution in [0.3, 0.4) is 0 Å². The second-order valence-electron chi connectivity index (χ2n) is 5.75. The van der Waals surface area contributed by atoms with Crippen LogP contribution in [0.1, 0.15) is 33.3 Å². The van der Waals surface area contributed by atoms with E-state index in [2.05, 4.69) is 4.98 Å². The minimum Gasteiger partial charge on any atom is -0.451 e. The van der Waals surface area contributed by atoms with Crippen molar-refractivity contribution in [3.8, 4) is 0 Å². The molecule has 126 valence electrons. The van der Waals surface area contributed by atoms with Crippen LogP contribution >= 0.6 is 0 Å². The fourth-order valence-electron chi connectivity index (χ4n) is 2.60. The van der Waals surface area contributed by atoms with E-state index in [1.165, 1.54) is 31.2 Å². The van der Waals surface area contributed by atoms with E-state index in [1.807, 2.05) is 18.2 Å². The molecule has 25 heavy (non-hydrogen) atoms. The van der Waals surface area contributed by atoms with Gasteiger partial charge < -0.3 is 4.74 Å². The molecule has 0 N–H and O–H groups in total. The van der Waals surface area contributed by atoms with Crippen LogP contribution in [0.15, 0.2) is 54.6 Å². The van der Waals surface area contributed by atoms with E-state index in [0.717, 1.165) is 0 Å². The Labute approximate surface area is 144 Å². The minimum absolute atomic E-state index is 0.289. The van der Waals surface area contributed by atoms with Crippen LogP contribution < -0.4 is 0 Å². The standard InChI is InChI=1S/C20H16FNO3/c1-12-11-17(16-5-3-4-6-18(16)22-12)20(24)25-13(2)19(23)14-7-9-15(21)10-8-14/h3-11,13H,1-2H3/t13-/m0/s1. The molecule has 2 aromatic carbocycles. The maximum absolute atomic E-state index is 13.0. The van der Waals surface area contributed by atoms with Crippen LogP contribution in [-0.2, 0) is 4.74 Å². The second kappa shape index (κ2) is 6.81. The molecular weight excluding hydrogens is 321 g/mol. The summed E-state index contributed by atoms with van der Waals surface area (Å²) in [6.07, 6.45) is -0.981. The first kappa shape index (κ1) is 16.8. The lowest BCUT2D eigenvalue weighted by molar-refractivity contribution is 0.0320. The van der Waals surface area contributed by atoms with E-state index in [9.17, 15) is 14.0 Å². The molecule has 3 rings (SSSR count). The lowest BCUT2D eigenvalue weighted by atomic mass is 10.1. The number of pyridine rings is 1. The summed E-state index contributed by atoms with van der Waals surface area (Å²) in [6, 6.07) is 14.0. The fourth-order valence-corrected chi connectivity index (χ4v) is 2.60. The molecule has 0 saturated heterocycles. The normalized spacial score (nSPS) is 12.0. The molecule has 0 aliphatic carbocycles. The van der Waals surface area contributed by atoms with Gasteiger partial charge in [0.1, 0.15) is 5.82 Å².